The van der Waals surface area contributed by atoms with Gasteiger partial charge in [-0.2, -0.15) is 0 Å². The molecule has 0 aromatic heterocycles. The van der Waals surface area contributed by atoms with Crippen LogP contribution in [-0.2, 0) is 0 Å². The second-order valence-corrected chi connectivity index (χ2v) is 4.22. The first-order chi connectivity index (χ1) is 8.66. The van der Waals surface area contributed by atoms with E-state index in [2.05, 4.69) is 0 Å². The van der Waals surface area contributed by atoms with Crippen molar-refractivity contribution in [1.82, 2.24) is 0 Å². The van der Waals surface area contributed by atoms with Crippen molar-refractivity contribution >= 4 is 29.7 Å². The Bertz CT molecular complexity index is 603. The van der Waals surface area contributed by atoms with Crippen molar-refractivity contribution < 1.29 is 9.90 Å². The number of hydrogen-bond donors (Lipinski definition) is 1. The van der Waals surface area contributed by atoms with E-state index in [-0.39, 0.29) is 5.56 Å². The minimum atomic E-state index is -0.929. The highest BCUT2D eigenvalue weighted by atomic mass is 35.5. The van der Waals surface area contributed by atoms with E-state index in [4.69, 9.17) is 16.7 Å². The van der Waals surface area contributed by atoms with Gasteiger partial charge in [0.1, 0.15) is 0 Å². The van der Waals surface area contributed by atoms with Crippen LogP contribution in [-0.4, -0.2) is 11.1 Å². The summed E-state index contributed by atoms with van der Waals surface area (Å²) < 4.78 is 0. The summed E-state index contributed by atoms with van der Waals surface area (Å²) in [4.78, 5) is 11.0. The van der Waals surface area contributed by atoms with Crippen LogP contribution in [0.15, 0.2) is 48.5 Å². The molecular formula is C15H11ClO2. The van der Waals surface area contributed by atoms with Gasteiger partial charge in [-0.15, -0.1) is 0 Å². The minimum absolute atomic E-state index is 0.288. The molecule has 0 radical (unpaired) electrons. The van der Waals surface area contributed by atoms with Gasteiger partial charge >= 0.3 is 5.97 Å². The Morgan fingerprint density at radius 1 is 1.06 bits per heavy atom. The summed E-state index contributed by atoms with van der Waals surface area (Å²) in [6.07, 6.45) is 3.61. The first-order valence-electron chi connectivity index (χ1n) is 5.43. The Morgan fingerprint density at radius 2 is 1.83 bits per heavy atom. The summed E-state index contributed by atoms with van der Waals surface area (Å²) in [5.74, 6) is -0.929. The standard InChI is InChI=1S/C15H11ClO2/c16-13-6-3-4-11(10-13)8-9-12-5-1-2-7-14(12)15(17)18/h1-10H,(H,17,18). The number of aromatic carboxylic acids is 1. The lowest BCUT2D eigenvalue weighted by molar-refractivity contribution is 0.0696. The van der Waals surface area contributed by atoms with Crippen molar-refractivity contribution in [1.29, 1.82) is 0 Å². The predicted octanol–water partition coefficient (Wildman–Crippen LogP) is 4.21. The van der Waals surface area contributed by atoms with Crippen LogP contribution in [0.1, 0.15) is 21.5 Å². The summed E-state index contributed by atoms with van der Waals surface area (Å²) >= 11 is 5.88. The average Bonchev–Trinajstić information content (AvgIpc) is 2.37. The molecule has 2 aromatic rings. The van der Waals surface area contributed by atoms with E-state index < -0.39 is 5.97 Å². The molecule has 0 unspecified atom stereocenters. The first kappa shape index (κ1) is 12.4. The Balaban J connectivity index is 2.32. The monoisotopic (exact) mass is 258 g/mol. The Morgan fingerprint density at radius 3 is 2.56 bits per heavy atom. The number of carboxylic acids is 1. The number of halogens is 1. The molecule has 0 heterocycles. The molecule has 0 aliphatic carbocycles. The molecule has 3 heteroatoms. The fraction of sp³-hybridized carbons (Fsp3) is 0. The van der Waals surface area contributed by atoms with E-state index in [0.717, 1.165) is 5.56 Å². The Kier molecular flexibility index (Phi) is 3.80. The molecule has 0 aliphatic rings. The maximum Gasteiger partial charge on any atom is 0.336 e. The second-order valence-electron chi connectivity index (χ2n) is 3.78. The van der Waals surface area contributed by atoms with Crippen LogP contribution >= 0.6 is 11.6 Å². The van der Waals surface area contributed by atoms with Gasteiger partial charge in [-0.3, -0.25) is 0 Å². The topological polar surface area (TPSA) is 37.3 Å². The number of rotatable bonds is 3. The smallest absolute Gasteiger partial charge is 0.336 e. The molecule has 0 bridgehead atoms. The summed E-state index contributed by atoms with van der Waals surface area (Å²) in [6.45, 7) is 0. The van der Waals surface area contributed by atoms with Crippen LogP contribution in [0.4, 0.5) is 0 Å². The van der Waals surface area contributed by atoms with Crippen LogP contribution in [0, 0.1) is 0 Å². The van der Waals surface area contributed by atoms with E-state index in [1.807, 2.05) is 30.3 Å². The third-order valence-corrected chi connectivity index (χ3v) is 2.73. The zero-order valence-electron chi connectivity index (χ0n) is 9.51. The summed E-state index contributed by atoms with van der Waals surface area (Å²) in [5.41, 5.74) is 1.89. The molecule has 18 heavy (non-hydrogen) atoms. The highest BCUT2D eigenvalue weighted by Crippen LogP contribution is 2.16. The Hall–Kier alpha value is -2.06. The molecule has 2 nitrogen and oxygen atoms in total. The number of benzene rings is 2. The highest BCUT2D eigenvalue weighted by molar-refractivity contribution is 6.30. The predicted molar refractivity (Wildman–Crippen MR) is 73.8 cm³/mol. The van der Waals surface area contributed by atoms with Crippen molar-refractivity contribution in [2.75, 3.05) is 0 Å². The largest absolute Gasteiger partial charge is 0.478 e. The molecule has 1 N–H and O–H groups in total. The highest BCUT2D eigenvalue weighted by Gasteiger charge is 2.05. The molecule has 0 fully saturated rings. The van der Waals surface area contributed by atoms with E-state index in [9.17, 15) is 4.79 Å². The second kappa shape index (κ2) is 5.52. The quantitative estimate of drug-likeness (QED) is 0.838. The van der Waals surface area contributed by atoms with Gasteiger partial charge in [0.15, 0.2) is 0 Å². The van der Waals surface area contributed by atoms with Crippen LogP contribution in [0.25, 0.3) is 12.2 Å². The Labute approximate surface area is 110 Å². The van der Waals surface area contributed by atoms with Gasteiger partial charge in [0.2, 0.25) is 0 Å². The van der Waals surface area contributed by atoms with Gasteiger partial charge in [-0.1, -0.05) is 54.1 Å². The fourth-order valence-corrected chi connectivity index (χ4v) is 1.83. The first-order valence-corrected chi connectivity index (χ1v) is 5.80. The molecule has 2 aromatic carbocycles. The van der Waals surface area contributed by atoms with E-state index in [0.29, 0.717) is 10.6 Å². The molecule has 2 rings (SSSR count). The zero-order valence-corrected chi connectivity index (χ0v) is 10.3. The van der Waals surface area contributed by atoms with E-state index in [1.54, 1.807) is 30.3 Å². The van der Waals surface area contributed by atoms with E-state index >= 15 is 0 Å². The van der Waals surface area contributed by atoms with Crippen molar-refractivity contribution in [3.8, 4) is 0 Å². The summed E-state index contributed by atoms with van der Waals surface area (Å²) in [5, 5.41) is 9.71. The van der Waals surface area contributed by atoms with E-state index in [1.165, 1.54) is 0 Å². The average molecular weight is 259 g/mol. The normalized spacial score (nSPS) is 10.7. The molecule has 0 spiro atoms. The number of carboxylic acid groups (broad SMARTS) is 1. The minimum Gasteiger partial charge on any atom is -0.478 e. The zero-order chi connectivity index (χ0) is 13.0. The summed E-state index contributed by atoms with van der Waals surface area (Å²) in [7, 11) is 0. The van der Waals surface area contributed by atoms with Crippen LogP contribution in [0.3, 0.4) is 0 Å². The number of hydrogen-bond acceptors (Lipinski definition) is 1. The van der Waals surface area contributed by atoms with Crippen LogP contribution in [0.5, 0.6) is 0 Å². The molecule has 0 aliphatic heterocycles. The lowest BCUT2D eigenvalue weighted by Gasteiger charge is -2.00. The van der Waals surface area contributed by atoms with Gasteiger partial charge in [0.25, 0.3) is 0 Å². The van der Waals surface area contributed by atoms with Crippen molar-refractivity contribution in [2.24, 2.45) is 0 Å². The number of carbonyl (C=O) groups is 1. The molecule has 0 saturated heterocycles. The maximum atomic E-state index is 11.0. The molecule has 0 atom stereocenters. The van der Waals surface area contributed by atoms with Crippen LogP contribution in [0.2, 0.25) is 5.02 Å². The lowest BCUT2D eigenvalue weighted by atomic mass is 10.1. The lowest BCUT2D eigenvalue weighted by Crippen LogP contribution is -1.98. The molecule has 0 saturated carbocycles. The third kappa shape index (κ3) is 2.99. The van der Waals surface area contributed by atoms with Gasteiger partial charge in [0.05, 0.1) is 5.56 Å². The maximum absolute atomic E-state index is 11.0. The third-order valence-electron chi connectivity index (χ3n) is 2.50. The SMILES string of the molecule is O=C(O)c1ccccc1C=Cc1cccc(Cl)c1. The van der Waals surface area contributed by atoms with Gasteiger partial charge in [-0.05, 0) is 29.3 Å². The molecule has 0 amide bonds. The van der Waals surface area contributed by atoms with Crippen molar-refractivity contribution in [3.63, 3.8) is 0 Å². The van der Waals surface area contributed by atoms with Crippen LogP contribution < -0.4 is 0 Å². The van der Waals surface area contributed by atoms with Crippen molar-refractivity contribution in [2.45, 2.75) is 0 Å². The van der Waals surface area contributed by atoms with Gasteiger partial charge < -0.3 is 5.11 Å². The fourth-order valence-electron chi connectivity index (χ4n) is 1.63. The summed E-state index contributed by atoms with van der Waals surface area (Å²) in [6, 6.07) is 14.2. The van der Waals surface area contributed by atoms with Crippen molar-refractivity contribution in [3.05, 3.63) is 70.2 Å². The van der Waals surface area contributed by atoms with Gasteiger partial charge in [0, 0.05) is 5.02 Å². The molecule has 90 valence electrons. The van der Waals surface area contributed by atoms with Gasteiger partial charge in [-0.25, -0.2) is 4.79 Å². The molecular weight excluding hydrogens is 248 g/mol.